The lowest BCUT2D eigenvalue weighted by Crippen LogP contribution is -2.54. The van der Waals surface area contributed by atoms with E-state index in [-0.39, 0.29) is 12.3 Å². The van der Waals surface area contributed by atoms with Crippen molar-refractivity contribution >= 4 is 17.9 Å². The quantitative estimate of drug-likeness (QED) is 0.540. The third-order valence-corrected chi connectivity index (χ3v) is 4.32. The minimum Gasteiger partial charge on any atom is -0.481 e. The fraction of sp³-hybridized carbons (Fsp3) is 0.812. The summed E-state index contributed by atoms with van der Waals surface area (Å²) in [6.07, 6.45) is 2.29. The highest BCUT2D eigenvalue weighted by atomic mass is 16.7. The molecule has 2 unspecified atom stereocenters. The molecule has 7 nitrogen and oxygen atoms in total. The average molecular weight is 329 g/mol. The van der Waals surface area contributed by atoms with E-state index in [4.69, 9.17) is 15.2 Å². The Morgan fingerprint density at radius 2 is 1.61 bits per heavy atom. The van der Waals surface area contributed by atoms with Crippen LogP contribution in [0, 0.1) is 11.3 Å². The van der Waals surface area contributed by atoms with E-state index in [0.717, 1.165) is 6.42 Å². The molecule has 0 aliphatic heterocycles. The second-order valence-corrected chi connectivity index (χ2v) is 6.37. The molecular weight excluding hydrogens is 302 g/mol. The zero-order valence-electron chi connectivity index (χ0n) is 14.0. The predicted molar refractivity (Wildman–Crippen MR) is 82.2 cm³/mol. The molecule has 3 N–H and O–H groups in total. The van der Waals surface area contributed by atoms with Gasteiger partial charge in [-0.05, 0) is 12.8 Å². The first-order valence-electron chi connectivity index (χ1n) is 8.14. The standard InChI is InChI=1S/C16H27NO6/c1-4-11(22-13(18)10(2)3)23-14(19)12(17)16(15(20)21)8-6-5-7-9-16/h10-12H,4-9,17H2,1-3H3,(H,20,21). The molecule has 132 valence electrons. The number of hydrogen-bond donors (Lipinski definition) is 2. The van der Waals surface area contributed by atoms with Crippen LogP contribution in [0.3, 0.4) is 0 Å². The van der Waals surface area contributed by atoms with Gasteiger partial charge in [-0.25, -0.2) is 0 Å². The fourth-order valence-electron chi connectivity index (χ4n) is 2.73. The zero-order chi connectivity index (χ0) is 17.6. The van der Waals surface area contributed by atoms with Gasteiger partial charge in [0.05, 0.1) is 11.3 Å². The van der Waals surface area contributed by atoms with Gasteiger partial charge in [-0.2, -0.15) is 0 Å². The van der Waals surface area contributed by atoms with Crippen molar-refractivity contribution in [2.75, 3.05) is 0 Å². The molecule has 1 fully saturated rings. The van der Waals surface area contributed by atoms with Gasteiger partial charge in [-0.15, -0.1) is 0 Å². The van der Waals surface area contributed by atoms with E-state index in [2.05, 4.69) is 0 Å². The number of carboxylic acids is 1. The number of rotatable bonds is 7. The summed E-state index contributed by atoms with van der Waals surface area (Å²) in [5.41, 5.74) is 4.63. The molecule has 0 saturated heterocycles. The van der Waals surface area contributed by atoms with Crippen molar-refractivity contribution in [1.82, 2.24) is 0 Å². The van der Waals surface area contributed by atoms with Crippen LogP contribution >= 0.6 is 0 Å². The smallest absolute Gasteiger partial charge is 0.327 e. The van der Waals surface area contributed by atoms with Crippen LogP contribution in [0.2, 0.25) is 0 Å². The van der Waals surface area contributed by atoms with Crippen molar-refractivity contribution in [1.29, 1.82) is 0 Å². The van der Waals surface area contributed by atoms with Crippen molar-refractivity contribution in [3.05, 3.63) is 0 Å². The van der Waals surface area contributed by atoms with Gasteiger partial charge in [0.25, 0.3) is 0 Å². The lowest BCUT2D eigenvalue weighted by Gasteiger charge is -2.37. The van der Waals surface area contributed by atoms with Crippen molar-refractivity contribution in [3.63, 3.8) is 0 Å². The van der Waals surface area contributed by atoms with E-state index in [1.54, 1.807) is 20.8 Å². The summed E-state index contributed by atoms with van der Waals surface area (Å²) < 4.78 is 10.2. The van der Waals surface area contributed by atoms with Crippen molar-refractivity contribution in [2.45, 2.75) is 71.6 Å². The van der Waals surface area contributed by atoms with E-state index in [1.807, 2.05) is 0 Å². The Hall–Kier alpha value is -1.63. The van der Waals surface area contributed by atoms with Crippen LogP contribution < -0.4 is 5.73 Å². The lowest BCUT2D eigenvalue weighted by atomic mass is 9.69. The minimum atomic E-state index is -1.30. The van der Waals surface area contributed by atoms with Crippen LogP contribution in [0.1, 0.15) is 59.3 Å². The molecular formula is C16H27NO6. The van der Waals surface area contributed by atoms with Gasteiger partial charge < -0.3 is 20.3 Å². The van der Waals surface area contributed by atoms with Crippen LogP contribution in [0.5, 0.6) is 0 Å². The topological polar surface area (TPSA) is 116 Å². The highest BCUT2D eigenvalue weighted by Crippen LogP contribution is 2.39. The van der Waals surface area contributed by atoms with Crippen LogP contribution in [0.15, 0.2) is 0 Å². The summed E-state index contributed by atoms with van der Waals surface area (Å²) >= 11 is 0. The van der Waals surface area contributed by atoms with Crippen LogP contribution in [0.25, 0.3) is 0 Å². The van der Waals surface area contributed by atoms with Gasteiger partial charge in [-0.3, -0.25) is 14.4 Å². The Morgan fingerprint density at radius 3 is 2.04 bits per heavy atom. The van der Waals surface area contributed by atoms with Gasteiger partial charge in [0.2, 0.25) is 6.29 Å². The summed E-state index contributed by atoms with van der Waals surface area (Å²) in [6, 6.07) is -1.27. The second kappa shape index (κ2) is 8.29. The molecule has 2 atom stereocenters. The van der Waals surface area contributed by atoms with E-state index in [0.29, 0.717) is 25.7 Å². The first kappa shape index (κ1) is 19.4. The van der Waals surface area contributed by atoms with Gasteiger partial charge in [0.15, 0.2) is 0 Å². The Morgan fingerprint density at radius 1 is 1.09 bits per heavy atom. The van der Waals surface area contributed by atoms with Gasteiger partial charge >= 0.3 is 17.9 Å². The van der Waals surface area contributed by atoms with Crippen molar-refractivity contribution < 1.29 is 29.0 Å². The monoisotopic (exact) mass is 329 g/mol. The van der Waals surface area contributed by atoms with Crippen molar-refractivity contribution in [2.24, 2.45) is 17.1 Å². The molecule has 0 aromatic rings. The molecule has 0 aromatic carbocycles. The Bertz CT molecular complexity index is 442. The van der Waals surface area contributed by atoms with Gasteiger partial charge in [0.1, 0.15) is 6.04 Å². The fourth-order valence-corrected chi connectivity index (χ4v) is 2.73. The Kier molecular flexibility index (Phi) is 7.00. The normalized spacial score (nSPS) is 19.7. The van der Waals surface area contributed by atoms with Crippen LogP contribution in [0.4, 0.5) is 0 Å². The largest absolute Gasteiger partial charge is 0.481 e. The van der Waals surface area contributed by atoms with E-state index in [9.17, 15) is 19.5 Å². The number of carbonyl (C=O) groups excluding carboxylic acids is 2. The number of carbonyl (C=O) groups is 3. The average Bonchev–Trinajstić information content (AvgIpc) is 2.53. The number of hydrogen-bond acceptors (Lipinski definition) is 6. The molecule has 1 rings (SSSR count). The Labute approximate surface area is 136 Å². The molecule has 1 aliphatic carbocycles. The third-order valence-electron chi connectivity index (χ3n) is 4.32. The molecule has 0 amide bonds. The second-order valence-electron chi connectivity index (χ2n) is 6.37. The first-order valence-corrected chi connectivity index (χ1v) is 8.14. The summed E-state index contributed by atoms with van der Waals surface area (Å²) in [5.74, 6) is -2.74. The maximum absolute atomic E-state index is 12.3. The van der Waals surface area contributed by atoms with Gasteiger partial charge in [0, 0.05) is 6.42 Å². The first-order chi connectivity index (χ1) is 10.7. The molecule has 0 aromatic heterocycles. The molecule has 0 radical (unpaired) electrons. The number of carboxylic acid groups (broad SMARTS) is 1. The van der Waals surface area contributed by atoms with Crippen LogP contribution in [-0.2, 0) is 23.9 Å². The number of esters is 2. The molecule has 0 spiro atoms. The van der Waals surface area contributed by atoms with E-state index in [1.165, 1.54) is 0 Å². The Balaban J connectivity index is 2.77. The van der Waals surface area contributed by atoms with Crippen molar-refractivity contribution in [3.8, 4) is 0 Å². The molecule has 23 heavy (non-hydrogen) atoms. The highest BCUT2D eigenvalue weighted by Gasteiger charge is 2.49. The van der Waals surface area contributed by atoms with E-state index < -0.39 is 35.7 Å². The molecule has 1 saturated carbocycles. The van der Waals surface area contributed by atoms with Crippen LogP contribution in [-0.4, -0.2) is 35.3 Å². The summed E-state index contributed by atoms with van der Waals surface area (Å²) in [4.78, 5) is 35.5. The zero-order valence-corrected chi connectivity index (χ0v) is 14.0. The summed E-state index contributed by atoms with van der Waals surface area (Å²) in [6.45, 7) is 5.04. The number of nitrogens with two attached hydrogens (primary N) is 1. The highest BCUT2D eigenvalue weighted by molar-refractivity contribution is 5.87. The van der Waals surface area contributed by atoms with E-state index >= 15 is 0 Å². The number of aliphatic carboxylic acids is 1. The summed E-state index contributed by atoms with van der Waals surface area (Å²) in [5, 5.41) is 9.54. The lowest BCUT2D eigenvalue weighted by molar-refractivity contribution is -0.195. The minimum absolute atomic E-state index is 0.275. The van der Waals surface area contributed by atoms with Gasteiger partial charge in [-0.1, -0.05) is 40.0 Å². The molecule has 1 aliphatic rings. The third kappa shape index (κ3) is 4.67. The number of ether oxygens (including phenoxy) is 2. The maximum atomic E-state index is 12.3. The maximum Gasteiger partial charge on any atom is 0.327 e. The molecule has 0 bridgehead atoms. The SMILES string of the molecule is CCC(OC(=O)C(C)C)OC(=O)C(N)C1(C(=O)O)CCCCC1. The summed E-state index contributed by atoms with van der Waals surface area (Å²) in [7, 11) is 0. The predicted octanol–water partition coefficient (Wildman–Crippen LogP) is 1.83. The molecule has 0 heterocycles. The molecule has 7 heteroatoms.